The summed E-state index contributed by atoms with van der Waals surface area (Å²) in [5.74, 6) is -4.43. The number of carbonyl (C=O) groups excluding carboxylic acids is 1. The molecule has 1 N–H and O–H groups in total. The minimum Gasteiger partial charge on any atom is -0.477 e. The number of thiazole rings is 1. The van der Waals surface area contributed by atoms with Gasteiger partial charge < -0.3 is 5.11 Å². The van der Waals surface area contributed by atoms with E-state index in [1.807, 2.05) is 0 Å². The summed E-state index contributed by atoms with van der Waals surface area (Å²) in [5, 5.41) is 7.66. The molecule has 5 nitrogen and oxygen atoms in total. The van der Waals surface area contributed by atoms with Crippen molar-refractivity contribution in [3.05, 3.63) is 10.6 Å². The first-order valence-electron chi connectivity index (χ1n) is 5.09. The molecule has 0 aliphatic heterocycles. The fourth-order valence-electron chi connectivity index (χ4n) is 1.28. The van der Waals surface area contributed by atoms with E-state index >= 15 is 0 Å². The Morgan fingerprint density at radius 1 is 1.24 bits per heavy atom. The Balaban J connectivity index is 3.37. The molecule has 0 spiro atoms. The maximum atomic E-state index is 12.6. The first-order chi connectivity index (χ1) is 9.39. The molecule has 0 saturated heterocycles. The van der Waals surface area contributed by atoms with E-state index in [9.17, 15) is 35.9 Å². The molecule has 0 fully saturated rings. The molecule has 1 rings (SSSR count). The highest BCUT2D eigenvalue weighted by atomic mass is 32.1. The number of nitrogens with zero attached hydrogens (tertiary/aromatic N) is 2. The van der Waals surface area contributed by atoms with Gasteiger partial charge in [0.25, 0.3) is 0 Å². The van der Waals surface area contributed by atoms with E-state index in [2.05, 4.69) is 4.98 Å². The summed E-state index contributed by atoms with van der Waals surface area (Å²) in [4.78, 5) is 23.3. The van der Waals surface area contributed by atoms with Gasteiger partial charge in [-0.25, -0.2) is 9.78 Å². The van der Waals surface area contributed by atoms with E-state index in [-0.39, 0.29) is 16.2 Å². The molecule has 0 atom stereocenters. The predicted molar refractivity (Wildman–Crippen MR) is 58.2 cm³/mol. The summed E-state index contributed by atoms with van der Waals surface area (Å²) >= 11 is -0.154. The second-order valence-corrected chi connectivity index (χ2v) is 4.50. The Morgan fingerprint density at radius 2 is 1.76 bits per heavy atom. The molecule has 0 unspecified atom stereocenters. The minimum absolute atomic E-state index is 0.0631. The van der Waals surface area contributed by atoms with Crippen LogP contribution in [0.25, 0.3) is 0 Å². The molecule has 1 amide bonds. The number of carbonyl (C=O) groups is 2. The van der Waals surface area contributed by atoms with Gasteiger partial charge in [-0.1, -0.05) is 11.3 Å². The largest absolute Gasteiger partial charge is 0.477 e. The number of anilines is 1. The lowest BCUT2D eigenvalue weighted by Gasteiger charge is -2.18. The van der Waals surface area contributed by atoms with E-state index in [0.717, 1.165) is 6.92 Å². The van der Waals surface area contributed by atoms with Gasteiger partial charge in [-0.15, -0.1) is 0 Å². The van der Waals surface area contributed by atoms with Crippen molar-refractivity contribution >= 4 is 28.3 Å². The molecule has 0 aliphatic rings. The Labute approximate surface area is 116 Å². The summed E-state index contributed by atoms with van der Waals surface area (Å²) in [6, 6.07) is 0. The molecule has 0 bridgehead atoms. The quantitative estimate of drug-likeness (QED) is 0.862. The number of carboxylic acids is 1. The molecule has 1 heterocycles. The number of aromatic carboxylic acids is 1. The van der Waals surface area contributed by atoms with Crippen molar-refractivity contribution in [3.63, 3.8) is 0 Å². The van der Waals surface area contributed by atoms with Gasteiger partial charge in [0.2, 0.25) is 0 Å². The zero-order valence-electron chi connectivity index (χ0n) is 10.0. The maximum Gasteiger partial charge on any atom is 0.471 e. The Bertz CT molecular complexity index is 565. The number of carboxylic acid groups (broad SMARTS) is 1. The maximum absolute atomic E-state index is 12.6. The first kappa shape index (κ1) is 17.2. The van der Waals surface area contributed by atoms with Crippen LogP contribution in [0.5, 0.6) is 0 Å². The smallest absolute Gasteiger partial charge is 0.471 e. The Kier molecular flexibility index (Phi) is 4.51. The SMILES string of the molecule is CCN(C(=O)C(F)(F)F)c1nc(C(F)(F)F)c(C(=O)O)s1. The van der Waals surface area contributed by atoms with Crippen LogP contribution in [0.15, 0.2) is 0 Å². The summed E-state index contributed by atoms with van der Waals surface area (Å²) in [6.45, 7) is 0.459. The number of rotatable bonds is 3. The zero-order chi connectivity index (χ0) is 16.6. The van der Waals surface area contributed by atoms with Crippen molar-refractivity contribution < 1.29 is 41.0 Å². The van der Waals surface area contributed by atoms with Crippen molar-refractivity contribution in [1.82, 2.24) is 4.98 Å². The minimum atomic E-state index is -5.32. The van der Waals surface area contributed by atoms with Crippen LogP contribution in [-0.4, -0.2) is 34.7 Å². The predicted octanol–water partition coefficient (Wildman–Crippen LogP) is 2.78. The molecule has 21 heavy (non-hydrogen) atoms. The summed E-state index contributed by atoms with van der Waals surface area (Å²) < 4.78 is 74.7. The molecule has 0 aromatic carbocycles. The van der Waals surface area contributed by atoms with Crippen molar-refractivity contribution in [3.8, 4) is 0 Å². The lowest BCUT2D eigenvalue weighted by Crippen LogP contribution is -2.41. The van der Waals surface area contributed by atoms with Crippen LogP contribution in [-0.2, 0) is 11.0 Å². The van der Waals surface area contributed by atoms with E-state index < -0.39 is 46.5 Å². The van der Waals surface area contributed by atoms with Crippen LogP contribution in [0.3, 0.4) is 0 Å². The molecule has 0 radical (unpaired) electrons. The van der Waals surface area contributed by atoms with E-state index in [0.29, 0.717) is 0 Å². The molecule has 0 aliphatic carbocycles. The Hall–Kier alpha value is -1.85. The number of aromatic nitrogens is 1. The summed E-state index contributed by atoms with van der Waals surface area (Å²) in [5.41, 5.74) is -1.84. The number of hydrogen-bond donors (Lipinski definition) is 1. The van der Waals surface area contributed by atoms with Gasteiger partial charge >= 0.3 is 24.2 Å². The third-order valence-electron chi connectivity index (χ3n) is 2.11. The lowest BCUT2D eigenvalue weighted by molar-refractivity contribution is -0.170. The number of halogens is 6. The fraction of sp³-hybridized carbons (Fsp3) is 0.444. The molecular formula is C9H6F6N2O3S. The van der Waals surface area contributed by atoms with Crippen molar-refractivity contribution in [2.75, 3.05) is 11.4 Å². The third kappa shape index (κ3) is 3.62. The van der Waals surface area contributed by atoms with Crippen molar-refractivity contribution in [2.24, 2.45) is 0 Å². The molecular weight excluding hydrogens is 330 g/mol. The highest BCUT2D eigenvalue weighted by Crippen LogP contribution is 2.38. The first-order valence-corrected chi connectivity index (χ1v) is 5.91. The van der Waals surface area contributed by atoms with E-state index in [1.165, 1.54) is 0 Å². The number of amides is 1. The van der Waals surface area contributed by atoms with Crippen LogP contribution < -0.4 is 4.90 Å². The van der Waals surface area contributed by atoms with Crippen LogP contribution in [0.2, 0.25) is 0 Å². The van der Waals surface area contributed by atoms with Gasteiger partial charge in [0.05, 0.1) is 0 Å². The lowest BCUT2D eigenvalue weighted by atomic mass is 10.3. The van der Waals surface area contributed by atoms with Gasteiger partial charge in [-0.05, 0) is 6.92 Å². The van der Waals surface area contributed by atoms with Crippen LogP contribution in [0.1, 0.15) is 22.3 Å². The fourth-order valence-corrected chi connectivity index (χ4v) is 2.27. The molecule has 1 aromatic rings. The molecule has 12 heteroatoms. The van der Waals surface area contributed by atoms with Gasteiger partial charge in [-0.3, -0.25) is 9.69 Å². The Morgan fingerprint density at radius 3 is 2.05 bits per heavy atom. The summed E-state index contributed by atoms with van der Waals surface area (Å²) in [7, 11) is 0. The van der Waals surface area contributed by atoms with Crippen molar-refractivity contribution in [1.29, 1.82) is 0 Å². The summed E-state index contributed by atoms with van der Waals surface area (Å²) in [6.07, 6.45) is -10.5. The van der Waals surface area contributed by atoms with Crippen molar-refractivity contribution in [2.45, 2.75) is 19.3 Å². The molecule has 0 saturated carbocycles. The monoisotopic (exact) mass is 336 g/mol. The van der Waals surface area contributed by atoms with Crippen LogP contribution >= 0.6 is 11.3 Å². The average Bonchev–Trinajstić information content (AvgIpc) is 2.73. The van der Waals surface area contributed by atoms with Gasteiger partial charge in [0, 0.05) is 6.54 Å². The standard InChI is InChI=1S/C9H6F6N2O3S/c1-2-17(6(20)9(13,14)15)7-16-4(8(10,11)12)3(21-7)5(18)19/h2H2,1H3,(H,18,19). The van der Waals surface area contributed by atoms with Crippen LogP contribution in [0, 0.1) is 0 Å². The second-order valence-electron chi connectivity index (χ2n) is 3.52. The normalized spacial score (nSPS) is 12.3. The number of hydrogen-bond acceptors (Lipinski definition) is 4. The van der Waals surface area contributed by atoms with Gasteiger partial charge in [-0.2, -0.15) is 26.3 Å². The van der Waals surface area contributed by atoms with E-state index in [1.54, 1.807) is 0 Å². The van der Waals surface area contributed by atoms with E-state index in [4.69, 9.17) is 5.11 Å². The van der Waals surface area contributed by atoms with Gasteiger partial charge in [0.15, 0.2) is 10.8 Å². The van der Waals surface area contributed by atoms with Gasteiger partial charge in [0.1, 0.15) is 4.88 Å². The molecule has 1 aromatic heterocycles. The number of alkyl halides is 6. The topological polar surface area (TPSA) is 70.5 Å². The third-order valence-corrected chi connectivity index (χ3v) is 3.18. The highest BCUT2D eigenvalue weighted by molar-refractivity contribution is 7.17. The average molecular weight is 336 g/mol. The second kappa shape index (κ2) is 5.50. The molecule has 118 valence electrons. The highest BCUT2D eigenvalue weighted by Gasteiger charge is 2.45. The van der Waals surface area contributed by atoms with Crippen LogP contribution in [0.4, 0.5) is 31.5 Å². The zero-order valence-corrected chi connectivity index (χ0v) is 10.9.